The predicted octanol–water partition coefficient (Wildman–Crippen LogP) is 2.68. The van der Waals surface area contributed by atoms with Crippen LogP contribution in [-0.2, 0) is 14.3 Å². The maximum absolute atomic E-state index is 11.2. The Morgan fingerprint density at radius 1 is 1.14 bits per heavy atom. The van der Waals surface area contributed by atoms with E-state index in [9.17, 15) is 9.59 Å². The molecule has 0 aromatic rings. The standard InChI is InChI=1S/C11H20O3/c1-5-6-7-9(12)14-10(13)8-11(2,3)4/h5-8H2,1-4H3. The second-order valence-electron chi connectivity index (χ2n) is 4.69. The van der Waals surface area contributed by atoms with E-state index in [0.717, 1.165) is 12.8 Å². The first kappa shape index (κ1) is 13.1. The molecule has 0 saturated heterocycles. The fourth-order valence-corrected chi connectivity index (χ4v) is 0.968. The van der Waals surface area contributed by atoms with Crippen LogP contribution in [-0.4, -0.2) is 11.9 Å². The molecule has 0 unspecified atom stereocenters. The summed E-state index contributed by atoms with van der Waals surface area (Å²) >= 11 is 0. The highest BCUT2D eigenvalue weighted by Crippen LogP contribution is 2.19. The largest absolute Gasteiger partial charge is 0.393 e. The van der Waals surface area contributed by atoms with Gasteiger partial charge in [0.2, 0.25) is 0 Å². The van der Waals surface area contributed by atoms with Crippen molar-refractivity contribution in [1.29, 1.82) is 0 Å². The summed E-state index contributed by atoms with van der Waals surface area (Å²) in [6.07, 6.45) is 2.33. The van der Waals surface area contributed by atoms with Gasteiger partial charge in [-0.3, -0.25) is 9.59 Å². The van der Waals surface area contributed by atoms with E-state index in [0.29, 0.717) is 6.42 Å². The predicted molar refractivity (Wildman–Crippen MR) is 54.7 cm³/mol. The van der Waals surface area contributed by atoms with Gasteiger partial charge in [0.25, 0.3) is 0 Å². The number of hydrogen-bond donors (Lipinski definition) is 0. The minimum atomic E-state index is -0.418. The molecule has 0 spiro atoms. The number of carbonyl (C=O) groups is 2. The lowest BCUT2D eigenvalue weighted by Crippen LogP contribution is -2.18. The van der Waals surface area contributed by atoms with Crippen LogP contribution >= 0.6 is 0 Å². The van der Waals surface area contributed by atoms with Crippen molar-refractivity contribution in [3.63, 3.8) is 0 Å². The maximum atomic E-state index is 11.2. The lowest BCUT2D eigenvalue weighted by molar-refractivity contribution is -0.160. The molecule has 0 radical (unpaired) electrons. The maximum Gasteiger partial charge on any atom is 0.313 e. The molecule has 0 saturated carbocycles. The van der Waals surface area contributed by atoms with Crippen LogP contribution in [0.1, 0.15) is 53.4 Å². The van der Waals surface area contributed by atoms with Crippen LogP contribution in [0.5, 0.6) is 0 Å². The van der Waals surface area contributed by atoms with Crippen molar-refractivity contribution < 1.29 is 14.3 Å². The van der Waals surface area contributed by atoms with E-state index in [2.05, 4.69) is 4.74 Å². The molecular weight excluding hydrogens is 180 g/mol. The van der Waals surface area contributed by atoms with Gasteiger partial charge in [-0.15, -0.1) is 0 Å². The second kappa shape index (κ2) is 5.78. The van der Waals surface area contributed by atoms with Crippen LogP contribution in [0, 0.1) is 5.41 Å². The van der Waals surface area contributed by atoms with E-state index in [4.69, 9.17) is 0 Å². The third kappa shape index (κ3) is 7.77. The summed E-state index contributed by atoms with van der Waals surface area (Å²) < 4.78 is 4.65. The molecule has 0 heterocycles. The van der Waals surface area contributed by atoms with Gasteiger partial charge in [-0.25, -0.2) is 0 Å². The normalized spacial score (nSPS) is 11.1. The van der Waals surface area contributed by atoms with Gasteiger partial charge in [0.1, 0.15) is 0 Å². The molecule has 82 valence electrons. The van der Waals surface area contributed by atoms with Crippen LogP contribution < -0.4 is 0 Å². The first-order chi connectivity index (χ1) is 6.35. The summed E-state index contributed by atoms with van der Waals surface area (Å²) in [5.41, 5.74) is -0.123. The topological polar surface area (TPSA) is 43.4 Å². The van der Waals surface area contributed by atoms with E-state index >= 15 is 0 Å². The molecule has 0 aromatic carbocycles. The number of unbranched alkanes of at least 4 members (excludes halogenated alkanes) is 1. The van der Waals surface area contributed by atoms with Gasteiger partial charge in [-0.1, -0.05) is 34.1 Å². The minimum Gasteiger partial charge on any atom is -0.393 e. The third-order valence-electron chi connectivity index (χ3n) is 1.64. The smallest absolute Gasteiger partial charge is 0.313 e. The number of hydrogen-bond acceptors (Lipinski definition) is 3. The van der Waals surface area contributed by atoms with Crippen molar-refractivity contribution in [3.05, 3.63) is 0 Å². The molecule has 0 fully saturated rings. The van der Waals surface area contributed by atoms with Gasteiger partial charge in [-0.05, 0) is 11.8 Å². The summed E-state index contributed by atoms with van der Waals surface area (Å²) in [7, 11) is 0. The molecule has 0 rings (SSSR count). The average Bonchev–Trinajstić information content (AvgIpc) is 1.96. The monoisotopic (exact) mass is 200 g/mol. The Kier molecular flexibility index (Phi) is 5.43. The van der Waals surface area contributed by atoms with E-state index < -0.39 is 11.9 Å². The summed E-state index contributed by atoms with van der Waals surface area (Å²) in [6, 6.07) is 0. The Balaban J connectivity index is 3.78. The summed E-state index contributed by atoms with van der Waals surface area (Å²) in [5, 5.41) is 0. The van der Waals surface area contributed by atoms with Crippen molar-refractivity contribution in [1.82, 2.24) is 0 Å². The molecule has 0 aromatic heterocycles. The van der Waals surface area contributed by atoms with E-state index in [1.807, 2.05) is 27.7 Å². The van der Waals surface area contributed by atoms with E-state index in [1.54, 1.807) is 0 Å². The summed E-state index contributed by atoms with van der Waals surface area (Å²) in [6.45, 7) is 7.80. The Morgan fingerprint density at radius 2 is 1.71 bits per heavy atom. The highest BCUT2D eigenvalue weighted by molar-refractivity contribution is 5.85. The van der Waals surface area contributed by atoms with Gasteiger partial charge in [0, 0.05) is 6.42 Å². The second-order valence-corrected chi connectivity index (χ2v) is 4.69. The van der Waals surface area contributed by atoms with Crippen LogP contribution in [0.2, 0.25) is 0 Å². The van der Waals surface area contributed by atoms with Crippen molar-refractivity contribution in [2.75, 3.05) is 0 Å². The minimum absolute atomic E-state index is 0.123. The van der Waals surface area contributed by atoms with Gasteiger partial charge < -0.3 is 4.74 Å². The molecule has 0 aliphatic rings. The average molecular weight is 200 g/mol. The lowest BCUT2D eigenvalue weighted by atomic mass is 9.92. The molecular formula is C11H20O3. The molecule has 0 aliphatic carbocycles. The molecule has 0 bridgehead atoms. The van der Waals surface area contributed by atoms with Gasteiger partial charge in [0.15, 0.2) is 0 Å². The molecule has 0 aliphatic heterocycles. The number of esters is 2. The van der Waals surface area contributed by atoms with Crippen molar-refractivity contribution >= 4 is 11.9 Å². The van der Waals surface area contributed by atoms with Crippen LogP contribution in [0.3, 0.4) is 0 Å². The Labute approximate surface area is 85.8 Å². The lowest BCUT2D eigenvalue weighted by Gasteiger charge is -2.15. The van der Waals surface area contributed by atoms with Crippen molar-refractivity contribution in [2.45, 2.75) is 53.4 Å². The third-order valence-corrected chi connectivity index (χ3v) is 1.64. The van der Waals surface area contributed by atoms with Crippen LogP contribution in [0.4, 0.5) is 0 Å². The Hall–Kier alpha value is -0.860. The first-order valence-corrected chi connectivity index (χ1v) is 5.08. The number of ether oxygens (including phenoxy) is 1. The number of carbonyl (C=O) groups excluding carboxylic acids is 2. The van der Waals surface area contributed by atoms with Gasteiger partial charge in [-0.2, -0.15) is 0 Å². The zero-order valence-corrected chi connectivity index (χ0v) is 9.55. The van der Waals surface area contributed by atoms with Gasteiger partial charge in [0.05, 0.1) is 6.42 Å². The van der Waals surface area contributed by atoms with Crippen molar-refractivity contribution in [2.24, 2.45) is 5.41 Å². The highest BCUT2D eigenvalue weighted by Gasteiger charge is 2.19. The number of rotatable bonds is 4. The molecule has 14 heavy (non-hydrogen) atoms. The quantitative estimate of drug-likeness (QED) is 0.517. The van der Waals surface area contributed by atoms with Crippen LogP contribution in [0.15, 0.2) is 0 Å². The fourth-order valence-electron chi connectivity index (χ4n) is 0.968. The first-order valence-electron chi connectivity index (χ1n) is 5.08. The van der Waals surface area contributed by atoms with E-state index in [1.165, 1.54) is 0 Å². The summed E-state index contributed by atoms with van der Waals surface area (Å²) in [5.74, 6) is -0.820. The molecule has 0 amide bonds. The van der Waals surface area contributed by atoms with Crippen LogP contribution in [0.25, 0.3) is 0 Å². The summed E-state index contributed by atoms with van der Waals surface area (Å²) in [4.78, 5) is 22.2. The highest BCUT2D eigenvalue weighted by atomic mass is 16.6. The van der Waals surface area contributed by atoms with Crippen molar-refractivity contribution in [3.8, 4) is 0 Å². The molecule has 3 heteroatoms. The fraction of sp³-hybridized carbons (Fsp3) is 0.818. The van der Waals surface area contributed by atoms with Gasteiger partial charge >= 0.3 is 11.9 Å². The molecule has 0 N–H and O–H groups in total. The SMILES string of the molecule is CCCCC(=O)OC(=O)CC(C)(C)C. The zero-order valence-electron chi connectivity index (χ0n) is 9.55. The zero-order chi connectivity index (χ0) is 11.2. The van der Waals surface area contributed by atoms with E-state index in [-0.39, 0.29) is 11.8 Å². The Bertz CT molecular complexity index is 201. The molecule has 3 nitrogen and oxygen atoms in total. The molecule has 0 atom stereocenters. The Morgan fingerprint density at radius 3 is 2.14 bits per heavy atom.